The predicted octanol–water partition coefficient (Wildman–Crippen LogP) is 3.82. The van der Waals surface area contributed by atoms with Crippen LogP contribution in [0.1, 0.15) is 36.4 Å². The minimum atomic E-state index is -0.465. The van der Waals surface area contributed by atoms with E-state index in [4.69, 9.17) is 10.2 Å². The quantitative estimate of drug-likeness (QED) is 0.447. The van der Waals surface area contributed by atoms with E-state index >= 15 is 0 Å². The second-order valence-corrected chi connectivity index (χ2v) is 8.98. The molecule has 1 unspecified atom stereocenters. The number of allylic oxidation sites excluding steroid dienone is 2. The number of rotatable bonds is 6. The van der Waals surface area contributed by atoms with Crippen molar-refractivity contribution < 1.29 is 10.0 Å². The lowest BCUT2D eigenvalue weighted by molar-refractivity contribution is -0.124. The van der Waals surface area contributed by atoms with Gasteiger partial charge in [0.2, 0.25) is 0 Å². The molecule has 1 aliphatic heterocycles. The van der Waals surface area contributed by atoms with E-state index in [1.165, 1.54) is 10.9 Å². The zero-order valence-corrected chi connectivity index (χ0v) is 18.6. The van der Waals surface area contributed by atoms with Crippen molar-refractivity contribution in [2.24, 2.45) is 5.92 Å². The van der Waals surface area contributed by atoms with Gasteiger partial charge < -0.3 is 4.57 Å². The van der Waals surface area contributed by atoms with Crippen LogP contribution in [0.3, 0.4) is 0 Å². The number of aromatic nitrogens is 3. The van der Waals surface area contributed by atoms with Crippen LogP contribution in [-0.2, 0) is 17.9 Å². The molecule has 0 saturated carbocycles. The van der Waals surface area contributed by atoms with E-state index < -0.39 is 5.91 Å². The number of carbonyl (C=O) groups is 1. The van der Waals surface area contributed by atoms with E-state index in [2.05, 4.69) is 51.1 Å². The standard InChI is InChI=1S/C26H29N5O2/c32-26(29-33)21-6-4-19(5-7-21)17-31-14-10-22-15-23(16-28-25(22)31)20-8-12-30(13-9-20)18-24-3-1-2-11-27-24/h1-4,6-7,10-11,14-16,19-20,33H,5,8-9,12-13,17-18H2,(H,29,32). The van der Waals surface area contributed by atoms with Crippen molar-refractivity contribution >= 4 is 16.9 Å². The molecular formula is C26H29N5O2. The summed E-state index contributed by atoms with van der Waals surface area (Å²) in [4.78, 5) is 23.3. The molecule has 1 amide bonds. The van der Waals surface area contributed by atoms with Crippen LogP contribution in [-0.4, -0.2) is 43.6 Å². The van der Waals surface area contributed by atoms with Gasteiger partial charge in [-0.3, -0.25) is 19.9 Å². The summed E-state index contributed by atoms with van der Waals surface area (Å²) in [6.07, 6.45) is 14.7. The summed E-state index contributed by atoms with van der Waals surface area (Å²) in [5.74, 6) is 0.376. The SMILES string of the molecule is O=C(NO)C1=CCC(Cn2ccc3cc(C4CCN(Cc5ccccn5)CC4)cnc32)C=C1. The molecule has 5 rings (SSSR count). The van der Waals surface area contributed by atoms with Gasteiger partial charge >= 0.3 is 0 Å². The van der Waals surface area contributed by atoms with E-state index in [1.807, 2.05) is 24.4 Å². The molecule has 0 bridgehead atoms. The lowest BCUT2D eigenvalue weighted by Crippen LogP contribution is -2.32. The first-order valence-electron chi connectivity index (χ1n) is 11.6. The third-order valence-corrected chi connectivity index (χ3v) is 6.78. The Hall–Kier alpha value is -3.29. The van der Waals surface area contributed by atoms with Gasteiger partial charge in [-0.2, -0.15) is 0 Å². The average molecular weight is 444 g/mol. The highest BCUT2D eigenvalue weighted by Crippen LogP contribution is 2.30. The van der Waals surface area contributed by atoms with Gasteiger partial charge in [0.1, 0.15) is 5.65 Å². The number of hydroxylamine groups is 1. The summed E-state index contributed by atoms with van der Waals surface area (Å²) < 4.78 is 2.19. The summed E-state index contributed by atoms with van der Waals surface area (Å²) in [7, 11) is 0. The Morgan fingerprint density at radius 2 is 2.06 bits per heavy atom. The molecule has 1 atom stereocenters. The summed E-state index contributed by atoms with van der Waals surface area (Å²) >= 11 is 0. The molecule has 1 fully saturated rings. The van der Waals surface area contributed by atoms with Crippen LogP contribution in [0.5, 0.6) is 0 Å². The molecule has 0 aromatic carbocycles. The molecule has 1 aliphatic carbocycles. The van der Waals surface area contributed by atoms with Crippen molar-refractivity contribution in [1.29, 1.82) is 0 Å². The Morgan fingerprint density at radius 3 is 2.79 bits per heavy atom. The fraction of sp³-hybridized carbons (Fsp3) is 0.346. The minimum Gasteiger partial charge on any atom is -0.332 e. The summed E-state index contributed by atoms with van der Waals surface area (Å²) in [5, 5.41) is 9.96. The minimum absolute atomic E-state index is 0.292. The van der Waals surface area contributed by atoms with Gasteiger partial charge in [-0.25, -0.2) is 10.5 Å². The van der Waals surface area contributed by atoms with Gasteiger partial charge in [0, 0.05) is 42.6 Å². The Labute approximate surface area is 193 Å². The first-order valence-corrected chi connectivity index (χ1v) is 11.6. The molecule has 2 aliphatic rings. The fourth-order valence-electron chi connectivity index (χ4n) is 4.90. The number of hydrogen-bond acceptors (Lipinski definition) is 5. The van der Waals surface area contributed by atoms with Gasteiger partial charge in [0.05, 0.1) is 5.69 Å². The van der Waals surface area contributed by atoms with Crippen molar-refractivity contribution in [2.45, 2.75) is 38.3 Å². The smallest absolute Gasteiger partial charge is 0.274 e. The molecule has 7 heteroatoms. The molecule has 2 N–H and O–H groups in total. The number of amides is 1. The molecule has 7 nitrogen and oxygen atoms in total. The maximum Gasteiger partial charge on any atom is 0.274 e. The van der Waals surface area contributed by atoms with E-state index in [-0.39, 0.29) is 0 Å². The highest BCUT2D eigenvalue weighted by Gasteiger charge is 2.22. The number of nitrogens with one attached hydrogen (secondary N) is 1. The maximum atomic E-state index is 11.5. The Morgan fingerprint density at radius 1 is 1.18 bits per heavy atom. The molecule has 0 radical (unpaired) electrons. The molecule has 3 aromatic heterocycles. The van der Waals surface area contributed by atoms with Gasteiger partial charge in [0.25, 0.3) is 5.91 Å². The van der Waals surface area contributed by atoms with Crippen molar-refractivity contribution in [1.82, 2.24) is 24.9 Å². The third kappa shape index (κ3) is 4.89. The molecule has 3 aromatic rings. The third-order valence-electron chi connectivity index (χ3n) is 6.78. The number of pyridine rings is 2. The van der Waals surface area contributed by atoms with Gasteiger partial charge in [-0.05, 0) is 74.0 Å². The van der Waals surface area contributed by atoms with Crippen LogP contribution in [0.2, 0.25) is 0 Å². The molecular weight excluding hydrogens is 414 g/mol. The van der Waals surface area contributed by atoms with Crippen molar-refractivity contribution in [3.05, 3.63) is 84.0 Å². The second kappa shape index (κ2) is 9.68. The molecule has 33 heavy (non-hydrogen) atoms. The van der Waals surface area contributed by atoms with E-state index in [0.717, 1.165) is 56.8 Å². The van der Waals surface area contributed by atoms with E-state index in [0.29, 0.717) is 17.4 Å². The first kappa shape index (κ1) is 21.6. The van der Waals surface area contributed by atoms with Crippen LogP contribution in [0, 0.1) is 5.92 Å². The molecule has 1 saturated heterocycles. The Kier molecular flexibility index (Phi) is 6.32. The Bertz CT molecular complexity index is 1180. The van der Waals surface area contributed by atoms with Crippen LogP contribution in [0.4, 0.5) is 0 Å². The molecule has 170 valence electrons. The first-order chi connectivity index (χ1) is 16.2. The van der Waals surface area contributed by atoms with Crippen LogP contribution < -0.4 is 5.48 Å². The average Bonchev–Trinajstić information content (AvgIpc) is 3.27. The monoisotopic (exact) mass is 443 g/mol. The maximum absolute atomic E-state index is 11.5. The topological polar surface area (TPSA) is 83.3 Å². The largest absolute Gasteiger partial charge is 0.332 e. The van der Waals surface area contributed by atoms with Crippen LogP contribution >= 0.6 is 0 Å². The number of fused-ring (bicyclic) bond motifs is 1. The number of carbonyl (C=O) groups excluding carboxylic acids is 1. The number of nitrogens with zero attached hydrogens (tertiary/aromatic N) is 4. The number of likely N-dealkylation sites (tertiary alicyclic amines) is 1. The van der Waals surface area contributed by atoms with E-state index in [9.17, 15) is 4.79 Å². The molecule has 0 spiro atoms. The van der Waals surface area contributed by atoms with Crippen molar-refractivity contribution in [3.8, 4) is 0 Å². The second-order valence-electron chi connectivity index (χ2n) is 8.98. The predicted molar refractivity (Wildman–Crippen MR) is 126 cm³/mol. The van der Waals surface area contributed by atoms with Crippen LogP contribution in [0.15, 0.2) is 72.7 Å². The zero-order valence-electron chi connectivity index (χ0n) is 18.6. The summed E-state index contributed by atoms with van der Waals surface area (Å²) in [5.41, 5.74) is 5.65. The highest BCUT2D eigenvalue weighted by atomic mass is 16.5. The lowest BCUT2D eigenvalue weighted by atomic mass is 9.90. The fourth-order valence-corrected chi connectivity index (χ4v) is 4.90. The normalized spacial score (nSPS) is 19.5. The number of hydrogen-bond donors (Lipinski definition) is 2. The lowest BCUT2D eigenvalue weighted by Gasteiger charge is -2.31. The zero-order chi connectivity index (χ0) is 22.6. The summed E-state index contributed by atoms with van der Waals surface area (Å²) in [6.45, 7) is 3.89. The van der Waals surface area contributed by atoms with Crippen molar-refractivity contribution in [3.63, 3.8) is 0 Å². The highest BCUT2D eigenvalue weighted by molar-refractivity contribution is 5.95. The van der Waals surface area contributed by atoms with Gasteiger partial charge in [-0.15, -0.1) is 0 Å². The van der Waals surface area contributed by atoms with Crippen LogP contribution in [0.25, 0.3) is 11.0 Å². The van der Waals surface area contributed by atoms with Gasteiger partial charge in [-0.1, -0.05) is 24.3 Å². The Balaban J connectivity index is 1.20. The van der Waals surface area contributed by atoms with Gasteiger partial charge in [0.15, 0.2) is 0 Å². The van der Waals surface area contributed by atoms with E-state index in [1.54, 1.807) is 11.6 Å². The molecule has 4 heterocycles. The summed E-state index contributed by atoms with van der Waals surface area (Å²) in [6, 6.07) is 10.6. The van der Waals surface area contributed by atoms with Crippen molar-refractivity contribution in [2.75, 3.05) is 13.1 Å². The number of piperidine rings is 1.